The van der Waals surface area contributed by atoms with E-state index in [9.17, 15) is 10.2 Å². The van der Waals surface area contributed by atoms with Gasteiger partial charge in [0.05, 0.1) is 11.7 Å². The third-order valence-electron chi connectivity index (χ3n) is 11.8. The largest absolute Gasteiger partial charge is 0.512 e. The van der Waals surface area contributed by atoms with E-state index in [0.717, 1.165) is 0 Å². The SMILES string of the molecule is CO[C@@H]1C=C(O)[C@@H]2[C@@H]3C[C@H]4CC[C@@]5(CCC6(CCCC6)C5)[C@]3(C)[C@@]4(C)[C@]21O. The van der Waals surface area contributed by atoms with Crippen molar-refractivity contribution in [1.82, 2.24) is 0 Å². The quantitative estimate of drug-likeness (QED) is 0.682. The molecule has 5 saturated carbocycles. The fourth-order valence-corrected chi connectivity index (χ4v) is 10.6. The van der Waals surface area contributed by atoms with Gasteiger partial charge in [-0.05, 0) is 85.5 Å². The predicted octanol–water partition coefficient (Wildman–Crippen LogP) is 4.99. The molecule has 6 aliphatic rings. The molecule has 0 aromatic carbocycles. The summed E-state index contributed by atoms with van der Waals surface area (Å²) in [5, 5.41) is 23.1. The maximum atomic E-state index is 12.2. The van der Waals surface area contributed by atoms with Crippen molar-refractivity contribution in [2.75, 3.05) is 7.11 Å². The molecule has 2 N–H and O–H groups in total. The molecule has 0 heterocycles. The third-order valence-corrected chi connectivity index (χ3v) is 11.8. The van der Waals surface area contributed by atoms with Crippen LogP contribution in [0.5, 0.6) is 0 Å². The Morgan fingerprint density at radius 2 is 1.78 bits per heavy atom. The summed E-state index contributed by atoms with van der Waals surface area (Å²) in [7, 11) is 1.70. The van der Waals surface area contributed by atoms with E-state index in [-0.39, 0.29) is 22.9 Å². The minimum atomic E-state index is -0.937. The Hall–Kier alpha value is -0.540. The maximum absolute atomic E-state index is 12.2. The smallest absolute Gasteiger partial charge is 0.111 e. The Labute approximate surface area is 163 Å². The van der Waals surface area contributed by atoms with Crippen molar-refractivity contribution < 1.29 is 14.9 Å². The molecule has 5 fully saturated rings. The van der Waals surface area contributed by atoms with Crippen LogP contribution in [0.3, 0.4) is 0 Å². The molecule has 0 saturated heterocycles. The lowest BCUT2D eigenvalue weighted by Crippen LogP contribution is -2.64. The first-order chi connectivity index (χ1) is 12.8. The number of hydrogen-bond donors (Lipinski definition) is 2. The van der Waals surface area contributed by atoms with Gasteiger partial charge in [-0.1, -0.05) is 26.7 Å². The van der Waals surface area contributed by atoms with Crippen LogP contribution in [0.15, 0.2) is 11.8 Å². The summed E-state index contributed by atoms with van der Waals surface area (Å²) in [4.78, 5) is 0. The van der Waals surface area contributed by atoms with Crippen LogP contribution in [0.1, 0.15) is 78.1 Å². The Morgan fingerprint density at radius 1 is 1.04 bits per heavy atom. The van der Waals surface area contributed by atoms with Gasteiger partial charge in [0.1, 0.15) is 11.7 Å². The molecule has 0 amide bonds. The lowest BCUT2D eigenvalue weighted by molar-refractivity contribution is -0.218. The van der Waals surface area contributed by atoms with Crippen LogP contribution >= 0.6 is 0 Å². The summed E-state index contributed by atoms with van der Waals surface area (Å²) < 4.78 is 5.78. The van der Waals surface area contributed by atoms with Crippen molar-refractivity contribution in [3.8, 4) is 0 Å². The Kier molecular flexibility index (Phi) is 3.07. The molecule has 0 radical (unpaired) electrons. The van der Waals surface area contributed by atoms with Crippen LogP contribution in [0, 0.1) is 39.4 Å². The van der Waals surface area contributed by atoms with E-state index in [1.807, 2.05) is 6.08 Å². The summed E-state index contributed by atoms with van der Waals surface area (Å²) in [6.45, 7) is 4.91. The Morgan fingerprint density at radius 3 is 2.48 bits per heavy atom. The number of ether oxygens (including phenoxy) is 1. The van der Waals surface area contributed by atoms with E-state index in [1.165, 1.54) is 64.2 Å². The third kappa shape index (κ3) is 1.51. The molecule has 0 aromatic rings. The van der Waals surface area contributed by atoms with E-state index in [0.29, 0.717) is 28.4 Å². The van der Waals surface area contributed by atoms with Gasteiger partial charge in [0, 0.05) is 12.5 Å². The van der Waals surface area contributed by atoms with Gasteiger partial charge in [-0.15, -0.1) is 0 Å². The zero-order chi connectivity index (χ0) is 18.9. The second-order valence-electron chi connectivity index (χ2n) is 11.7. The molecule has 8 atom stereocenters. The highest BCUT2D eigenvalue weighted by Gasteiger charge is 2.87. The number of aliphatic hydroxyl groups excluding tert-OH is 1. The zero-order valence-electron chi connectivity index (χ0n) is 17.3. The van der Waals surface area contributed by atoms with Gasteiger partial charge in [0.25, 0.3) is 0 Å². The predicted molar refractivity (Wildman–Crippen MR) is 104 cm³/mol. The second kappa shape index (κ2) is 4.78. The highest BCUT2D eigenvalue weighted by atomic mass is 16.5. The number of fused-ring (bicyclic) bond motifs is 2. The van der Waals surface area contributed by atoms with Gasteiger partial charge >= 0.3 is 0 Å². The second-order valence-corrected chi connectivity index (χ2v) is 11.7. The molecule has 0 aliphatic heterocycles. The summed E-state index contributed by atoms with van der Waals surface area (Å²) >= 11 is 0. The fourth-order valence-electron chi connectivity index (χ4n) is 10.6. The number of rotatable bonds is 1. The highest BCUT2D eigenvalue weighted by Crippen LogP contribution is 2.87. The first-order valence-corrected chi connectivity index (χ1v) is 11.4. The minimum Gasteiger partial charge on any atom is -0.512 e. The van der Waals surface area contributed by atoms with Gasteiger partial charge in [0.15, 0.2) is 0 Å². The van der Waals surface area contributed by atoms with Gasteiger partial charge in [0.2, 0.25) is 0 Å². The maximum Gasteiger partial charge on any atom is 0.111 e. The van der Waals surface area contributed by atoms with Crippen molar-refractivity contribution in [3.63, 3.8) is 0 Å². The molecule has 6 aliphatic carbocycles. The van der Waals surface area contributed by atoms with E-state index in [2.05, 4.69) is 13.8 Å². The van der Waals surface area contributed by atoms with Gasteiger partial charge in [-0.2, -0.15) is 0 Å². The average Bonchev–Trinajstić information content (AvgIpc) is 3.37. The van der Waals surface area contributed by atoms with Crippen molar-refractivity contribution in [3.05, 3.63) is 11.8 Å². The van der Waals surface area contributed by atoms with Gasteiger partial charge < -0.3 is 14.9 Å². The molecule has 3 heteroatoms. The van der Waals surface area contributed by atoms with Crippen molar-refractivity contribution >= 4 is 0 Å². The molecule has 150 valence electrons. The standard InChI is InChI=1S/C24H36O3/c1-20-15-6-9-23(11-10-22(14-23)7-4-5-8-22)21(20,2)16(12-15)19-17(25)13-18(27-3)24(19,20)26/h13,15-16,18-19,25-26H,4-12,14H2,1-3H3/t15-,16+,18-,19+,20+,21+,23+,24-/m1/s1. The van der Waals surface area contributed by atoms with E-state index in [1.54, 1.807) is 7.11 Å². The molecule has 0 aromatic heterocycles. The molecule has 0 unspecified atom stereocenters. The lowest BCUT2D eigenvalue weighted by atomic mass is 9.43. The van der Waals surface area contributed by atoms with Crippen LogP contribution in [0.2, 0.25) is 0 Å². The van der Waals surface area contributed by atoms with E-state index < -0.39 is 5.60 Å². The number of hydrogen-bond acceptors (Lipinski definition) is 3. The van der Waals surface area contributed by atoms with E-state index >= 15 is 0 Å². The Balaban J connectivity index is 1.52. The molecule has 3 nitrogen and oxygen atoms in total. The molecular formula is C24H36O3. The average molecular weight is 373 g/mol. The summed E-state index contributed by atoms with van der Waals surface area (Å²) in [5.74, 6) is 1.25. The number of aliphatic hydroxyl groups is 2. The summed E-state index contributed by atoms with van der Waals surface area (Å²) in [5.41, 5.74) is -0.0628. The highest BCUT2D eigenvalue weighted by molar-refractivity contribution is 5.41. The van der Waals surface area contributed by atoms with Crippen molar-refractivity contribution in [2.24, 2.45) is 39.4 Å². The van der Waals surface area contributed by atoms with Crippen molar-refractivity contribution in [2.45, 2.75) is 89.8 Å². The topological polar surface area (TPSA) is 49.7 Å². The fraction of sp³-hybridized carbons (Fsp3) is 0.917. The lowest BCUT2D eigenvalue weighted by Gasteiger charge is -2.62. The van der Waals surface area contributed by atoms with Crippen LogP contribution in [0.4, 0.5) is 0 Å². The normalized spacial score (nSPS) is 59.8. The molecular weight excluding hydrogens is 336 g/mol. The molecule has 4 bridgehead atoms. The Bertz CT molecular complexity index is 723. The van der Waals surface area contributed by atoms with Gasteiger partial charge in [-0.3, -0.25) is 0 Å². The monoisotopic (exact) mass is 372 g/mol. The minimum absolute atomic E-state index is 0.105. The summed E-state index contributed by atoms with van der Waals surface area (Å²) in [6, 6.07) is 0. The zero-order valence-corrected chi connectivity index (χ0v) is 17.3. The first kappa shape index (κ1) is 17.3. The van der Waals surface area contributed by atoms with Crippen LogP contribution in [-0.2, 0) is 4.74 Å². The first-order valence-electron chi connectivity index (χ1n) is 11.4. The number of methoxy groups -OCH3 is 1. The van der Waals surface area contributed by atoms with Crippen molar-refractivity contribution in [1.29, 1.82) is 0 Å². The van der Waals surface area contributed by atoms with E-state index in [4.69, 9.17) is 4.74 Å². The molecule has 27 heavy (non-hydrogen) atoms. The molecule has 2 spiro atoms. The molecule has 6 rings (SSSR count). The van der Waals surface area contributed by atoms with Crippen LogP contribution in [0.25, 0.3) is 0 Å². The van der Waals surface area contributed by atoms with Crippen LogP contribution in [-0.4, -0.2) is 29.0 Å². The van der Waals surface area contributed by atoms with Crippen LogP contribution < -0.4 is 0 Å². The summed E-state index contributed by atoms with van der Waals surface area (Å²) in [6.07, 6.45) is 15.0. The van der Waals surface area contributed by atoms with Gasteiger partial charge in [-0.25, -0.2) is 0 Å².